The van der Waals surface area contributed by atoms with Crippen molar-refractivity contribution in [3.63, 3.8) is 0 Å². The Morgan fingerprint density at radius 2 is 1.27 bits per heavy atom. The molecule has 0 saturated heterocycles. The molecule has 37 heavy (non-hydrogen) atoms. The third-order valence-electron chi connectivity index (χ3n) is 3.35. The predicted molar refractivity (Wildman–Crippen MR) is 157 cm³/mol. The number of primary sulfonamides is 1. The van der Waals surface area contributed by atoms with Crippen LogP contribution in [0.15, 0.2) is 84.3 Å². The van der Waals surface area contributed by atoms with Gasteiger partial charge in [0.05, 0.1) is 16.3 Å². The third-order valence-corrected chi connectivity index (χ3v) is 4.26. The fourth-order valence-corrected chi connectivity index (χ4v) is 2.77. The molecule has 0 atom stereocenters. The van der Waals surface area contributed by atoms with Crippen molar-refractivity contribution in [2.75, 3.05) is 0 Å². The molecule has 2 amide bonds. The molecule has 0 unspecified atom stereocenters. The van der Waals surface area contributed by atoms with Crippen LogP contribution in [0, 0.1) is 5.82 Å². The summed E-state index contributed by atoms with van der Waals surface area (Å²) >= 11 is 6.21. The maximum absolute atomic E-state index is 13.0. The summed E-state index contributed by atoms with van der Waals surface area (Å²) in [5.74, 6) is -0.314. The highest BCUT2D eigenvalue weighted by atomic mass is 32.2. The summed E-state index contributed by atoms with van der Waals surface area (Å²) in [5.41, 5.74) is 11.4. The molecule has 3 aromatic rings. The Balaban J connectivity index is -0.000000334. The van der Waals surface area contributed by atoms with Crippen molar-refractivity contribution in [1.29, 1.82) is 0 Å². The average Bonchev–Trinajstić information content (AvgIpc) is 2.74. The molecule has 1 heterocycles. The number of primary amides is 2. The lowest BCUT2D eigenvalue weighted by Gasteiger charge is -2.06. The van der Waals surface area contributed by atoms with E-state index in [2.05, 4.69) is 48.3 Å². The highest BCUT2D eigenvalue weighted by molar-refractivity contribution is 7.96. The number of carbonyl (C=O) groups is 2. The lowest BCUT2D eigenvalue weighted by Crippen LogP contribution is -2.11. The molecule has 0 radical (unpaired) electrons. The van der Waals surface area contributed by atoms with Crippen molar-refractivity contribution in [3.8, 4) is 22.5 Å². The van der Waals surface area contributed by atoms with Crippen molar-refractivity contribution in [2.24, 2.45) is 16.6 Å². The van der Waals surface area contributed by atoms with E-state index >= 15 is 0 Å². The Morgan fingerprint density at radius 1 is 0.892 bits per heavy atom. The molecule has 13 heteroatoms. The van der Waals surface area contributed by atoms with Crippen LogP contribution in [-0.4, -0.2) is 29.4 Å². The molecule has 206 valence electrons. The number of rotatable bonds is 3. The molecule has 0 aliphatic heterocycles. The van der Waals surface area contributed by atoms with Crippen LogP contribution < -0.4 is 16.6 Å². The van der Waals surface area contributed by atoms with Gasteiger partial charge in [-0.3, -0.25) is 9.59 Å². The second-order valence-corrected chi connectivity index (χ2v) is 8.52. The van der Waals surface area contributed by atoms with Crippen LogP contribution in [0.4, 0.5) is 14.0 Å². The standard InChI is InChI=1S/C17H13FN2O2S.C3H6.2CH3NOS.2CH4.H2O/c18-14-9-7-12(8-10-14)16-5-2-6-17(20-16)13-3-1-4-15(11-13)23(19,21)22;1-3-2;2*2-1(3)4;;;/h1-11H,(H2,19,21,22);3H,1H2,2H3;2*(H3,2,3,4);2*1H4;1H2. The Hall–Kier alpha value is -3.23. The number of halogens is 1. The van der Waals surface area contributed by atoms with E-state index in [-0.39, 0.29) is 31.0 Å². The molecule has 8 N–H and O–H groups in total. The zero-order valence-corrected chi connectivity index (χ0v) is 21.2. The van der Waals surface area contributed by atoms with Gasteiger partial charge in [-0.1, -0.05) is 64.4 Å². The van der Waals surface area contributed by atoms with E-state index in [0.717, 1.165) is 5.56 Å². The Bertz CT molecular complexity index is 1190. The van der Waals surface area contributed by atoms with E-state index < -0.39 is 20.5 Å². The maximum atomic E-state index is 13.0. The summed E-state index contributed by atoms with van der Waals surface area (Å²) in [6, 6.07) is 17.7. The molecule has 0 aliphatic carbocycles. The van der Waals surface area contributed by atoms with Gasteiger partial charge in [-0.15, -0.1) is 6.58 Å². The molecule has 2 aromatic carbocycles. The molecule has 0 fully saturated rings. The van der Waals surface area contributed by atoms with Crippen LogP contribution in [0.3, 0.4) is 0 Å². The minimum absolute atomic E-state index is 0. The number of aromatic nitrogens is 1. The van der Waals surface area contributed by atoms with Crippen LogP contribution in [0.2, 0.25) is 0 Å². The number of nitrogens with two attached hydrogens (primary N) is 3. The monoisotopic (exact) mass is 574 g/mol. The number of sulfonamides is 1. The van der Waals surface area contributed by atoms with E-state index in [1.54, 1.807) is 42.5 Å². The van der Waals surface area contributed by atoms with Crippen molar-refractivity contribution in [3.05, 3.63) is 85.2 Å². The summed E-state index contributed by atoms with van der Waals surface area (Å²) in [6.45, 7) is 5.25. The van der Waals surface area contributed by atoms with Crippen molar-refractivity contribution in [2.45, 2.75) is 26.7 Å². The summed E-state index contributed by atoms with van der Waals surface area (Å²) in [4.78, 5) is 22.7. The summed E-state index contributed by atoms with van der Waals surface area (Å²) < 4.78 is 35.9. The van der Waals surface area contributed by atoms with Gasteiger partial charge < -0.3 is 16.9 Å². The van der Waals surface area contributed by atoms with E-state index in [1.807, 2.05) is 13.0 Å². The summed E-state index contributed by atoms with van der Waals surface area (Å²) in [7, 11) is -3.77. The molecule has 0 spiro atoms. The van der Waals surface area contributed by atoms with E-state index in [4.69, 9.17) is 14.7 Å². The van der Waals surface area contributed by atoms with E-state index in [0.29, 0.717) is 17.0 Å². The van der Waals surface area contributed by atoms with Crippen LogP contribution in [0.25, 0.3) is 22.5 Å². The predicted octanol–water partition coefficient (Wildman–Crippen LogP) is 4.83. The van der Waals surface area contributed by atoms with Crippen LogP contribution in [0.1, 0.15) is 21.8 Å². The van der Waals surface area contributed by atoms with Crippen molar-refractivity contribution in [1.82, 2.24) is 4.98 Å². The van der Waals surface area contributed by atoms with E-state index in [1.165, 1.54) is 24.3 Å². The number of hydrogen-bond acceptors (Lipinski definition) is 5. The van der Waals surface area contributed by atoms with Gasteiger partial charge in [-0.2, -0.15) is 0 Å². The fraction of sp³-hybridized carbons (Fsp3) is 0.125. The Labute approximate surface area is 229 Å². The largest absolute Gasteiger partial charge is 0.412 e. The van der Waals surface area contributed by atoms with Gasteiger partial charge in [0.25, 0.3) is 10.5 Å². The van der Waals surface area contributed by atoms with Gasteiger partial charge >= 0.3 is 0 Å². The molecule has 1 aromatic heterocycles. The zero-order valence-electron chi connectivity index (χ0n) is 18.6. The van der Waals surface area contributed by atoms with Gasteiger partial charge in [0, 0.05) is 11.1 Å². The van der Waals surface area contributed by atoms with E-state index in [9.17, 15) is 12.8 Å². The third kappa shape index (κ3) is 18.7. The second-order valence-electron chi connectivity index (χ2n) is 6.07. The van der Waals surface area contributed by atoms with Gasteiger partial charge in [-0.05, 0) is 55.5 Å². The molecule has 0 saturated carbocycles. The lowest BCUT2D eigenvalue weighted by molar-refractivity contribution is 0.266. The normalized spacial score (nSPS) is 8.78. The Morgan fingerprint density at radius 3 is 1.68 bits per heavy atom. The zero-order chi connectivity index (χ0) is 26.3. The number of amides is 2. The molecular weight excluding hydrogens is 539 g/mol. The van der Waals surface area contributed by atoms with Crippen LogP contribution in [0.5, 0.6) is 0 Å². The average molecular weight is 575 g/mol. The number of thiol groups is 2. The quantitative estimate of drug-likeness (QED) is 0.221. The first kappa shape index (κ1) is 40.9. The fourth-order valence-electron chi connectivity index (χ4n) is 2.21. The van der Waals surface area contributed by atoms with Crippen molar-refractivity contribution < 1.29 is 27.9 Å². The number of carbonyl (C=O) groups excluding carboxylic acids is 2. The summed E-state index contributed by atoms with van der Waals surface area (Å²) in [5, 5.41) is 3.88. The molecule has 9 nitrogen and oxygen atoms in total. The van der Waals surface area contributed by atoms with Gasteiger partial charge in [0.15, 0.2) is 0 Å². The number of pyridine rings is 1. The maximum Gasteiger partial charge on any atom is 0.273 e. The Kier molecular flexibility index (Phi) is 23.1. The minimum Gasteiger partial charge on any atom is -0.412 e. The minimum atomic E-state index is -3.77. The highest BCUT2D eigenvalue weighted by Gasteiger charge is 2.10. The topological polar surface area (TPSA) is 191 Å². The number of hydrogen-bond donors (Lipinski definition) is 5. The van der Waals surface area contributed by atoms with Gasteiger partial charge in [0.2, 0.25) is 10.0 Å². The van der Waals surface area contributed by atoms with Crippen LogP contribution >= 0.6 is 25.3 Å². The number of allylic oxidation sites excluding steroid dienone is 1. The van der Waals surface area contributed by atoms with Crippen molar-refractivity contribution >= 4 is 45.8 Å². The summed E-state index contributed by atoms with van der Waals surface area (Å²) in [6.07, 6.45) is 1.75. The second kappa shape index (κ2) is 20.9. The molecular formula is C24H35FN4O5S3. The lowest BCUT2D eigenvalue weighted by atomic mass is 10.1. The first-order chi connectivity index (χ1) is 15.8. The SMILES string of the molecule is C.C.C=CC.NC(=O)S.NC(=O)S.NS(=O)(=O)c1cccc(-c2cccc(-c3ccc(F)cc3)n2)c1.O. The first-order valence-corrected chi connectivity index (χ1v) is 11.7. The molecule has 3 rings (SSSR count). The first-order valence-electron chi connectivity index (χ1n) is 9.21. The van der Waals surface area contributed by atoms with Gasteiger partial charge in [-0.25, -0.2) is 22.9 Å². The molecule has 0 aliphatic rings. The van der Waals surface area contributed by atoms with Gasteiger partial charge in [0.1, 0.15) is 5.82 Å². The molecule has 0 bridgehead atoms. The number of benzene rings is 2. The van der Waals surface area contributed by atoms with Crippen LogP contribution in [-0.2, 0) is 10.0 Å². The smallest absolute Gasteiger partial charge is 0.273 e. The highest BCUT2D eigenvalue weighted by Crippen LogP contribution is 2.24. The number of nitrogens with zero attached hydrogens (tertiary/aromatic N) is 1.